The fourth-order valence-electron chi connectivity index (χ4n) is 1.58. The van der Waals surface area contributed by atoms with E-state index in [4.69, 9.17) is 14.3 Å². The second-order valence-electron chi connectivity index (χ2n) is 4.41. The van der Waals surface area contributed by atoms with Crippen LogP contribution in [0.25, 0.3) is 11.0 Å². The summed E-state index contributed by atoms with van der Waals surface area (Å²) in [6, 6.07) is 5.30. The van der Waals surface area contributed by atoms with Crippen molar-refractivity contribution in [1.82, 2.24) is 0 Å². The Morgan fingerprint density at radius 2 is 2.22 bits per heavy atom. The van der Waals surface area contributed by atoms with Gasteiger partial charge in [0.05, 0.1) is 12.0 Å². The number of hydrogen-bond acceptors (Lipinski definition) is 3. The number of ether oxygens (including phenoxy) is 1. The molecule has 0 amide bonds. The van der Waals surface area contributed by atoms with Gasteiger partial charge in [0.25, 0.3) is 5.76 Å². The lowest BCUT2D eigenvalue weighted by Crippen LogP contribution is -2.07. The molecule has 0 unspecified atom stereocenters. The van der Waals surface area contributed by atoms with Crippen LogP contribution in [-0.2, 0) is 0 Å². The van der Waals surface area contributed by atoms with Crippen molar-refractivity contribution >= 4 is 32.9 Å². The summed E-state index contributed by atoms with van der Waals surface area (Å²) in [5.74, 6) is -0.666. The average molecular weight is 313 g/mol. The fourth-order valence-corrected chi connectivity index (χ4v) is 1.94. The molecular weight excluding hydrogens is 300 g/mol. The SMILES string of the molecule is CC(C)COc1c(C(=O)O)oc2ccc(Br)cc12. The zero-order valence-electron chi connectivity index (χ0n) is 10.1. The third-order valence-corrected chi connectivity index (χ3v) is 2.85. The van der Waals surface area contributed by atoms with Crippen LogP contribution in [0, 0.1) is 5.92 Å². The molecule has 0 bridgehead atoms. The van der Waals surface area contributed by atoms with E-state index in [1.807, 2.05) is 13.8 Å². The number of carboxylic acids is 1. The van der Waals surface area contributed by atoms with Crippen molar-refractivity contribution in [3.63, 3.8) is 0 Å². The zero-order valence-corrected chi connectivity index (χ0v) is 11.7. The van der Waals surface area contributed by atoms with Crippen LogP contribution in [0.15, 0.2) is 27.1 Å². The van der Waals surface area contributed by atoms with Crippen LogP contribution in [0.5, 0.6) is 5.75 Å². The molecule has 2 aromatic rings. The number of carboxylic acid groups (broad SMARTS) is 1. The normalized spacial score (nSPS) is 11.1. The Hall–Kier alpha value is -1.49. The molecule has 0 aliphatic carbocycles. The number of rotatable bonds is 4. The van der Waals surface area contributed by atoms with Gasteiger partial charge in [-0.15, -0.1) is 0 Å². The Labute approximate surface area is 113 Å². The van der Waals surface area contributed by atoms with Crippen LogP contribution >= 0.6 is 15.9 Å². The first-order valence-corrected chi connectivity index (χ1v) is 6.36. The van der Waals surface area contributed by atoms with E-state index in [1.165, 1.54) is 0 Å². The molecule has 0 fully saturated rings. The van der Waals surface area contributed by atoms with E-state index >= 15 is 0 Å². The molecular formula is C13H13BrO4. The van der Waals surface area contributed by atoms with Gasteiger partial charge in [-0.25, -0.2) is 4.79 Å². The number of fused-ring (bicyclic) bond motifs is 1. The van der Waals surface area contributed by atoms with Crippen LogP contribution in [-0.4, -0.2) is 17.7 Å². The Balaban J connectivity index is 2.53. The number of hydrogen-bond donors (Lipinski definition) is 1. The lowest BCUT2D eigenvalue weighted by atomic mass is 10.2. The lowest BCUT2D eigenvalue weighted by molar-refractivity contribution is 0.0657. The van der Waals surface area contributed by atoms with Crippen LogP contribution in [0.1, 0.15) is 24.4 Å². The molecule has 0 saturated heterocycles. The minimum Gasteiger partial charge on any atom is -0.488 e. The lowest BCUT2D eigenvalue weighted by Gasteiger charge is -2.07. The van der Waals surface area contributed by atoms with Gasteiger partial charge in [0, 0.05) is 4.47 Å². The fraction of sp³-hybridized carbons (Fsp3) is 0.308. The minimum atomic E-state index is -1.12. The maximum absolute atomic E-state index is 11.1. The standard InChI is InChI=1S/C13H13BrO4/c1-7(2)6-17-11-9-5-8(14)3-4-10(9)18-12(11)13(15)16/h3-5,7H,6H2,1-2H3,(H,15,16). The maximum Gasteiger partial charge on any atom is 0.375 e. The largest absolute Gasteiger partial charge is 0.488 e. The van der Waals surface area contributed by atoms with E-state index in [-0.39, 0.29) is 5.76 Å². The summed E-state index contributed by atoms with van der Waals surface area (Å²) in [6.07, 6.45) is 0. The molecule has 1 heterocycles. The summed E-state index contributed by atoms with van der Waals surface area (Å²) in [6.45, 7) is 4.44. The molecule has 1 N–H and O–H groups in total. The highest BCUT2D eigenvalue weighted by atomic mass is 79.9. The number of benzene rings is 1. The van der Waals surface area contributed by atoms with Gasteiger partial charge in [0.1, 0.15) is 5.58 Å². The van der Waals surface area contributed by atoms with Gasteiger partial charge in [-0.1, -0.05) is 29.8 Å². The van der Waals surface area contributed by atoms with Crippen LogP contribution in [0.4, 0.5) is 0 Å². The highest BCUT2D eigenvalue weighted by molar-refractivity contribution is 9.10. The second-order valence-corrected chi connectivity index (χ2v) is 5.33. The van der Waals surface area contributed by atoms with Gasteiger partial charge < -0.3 is 14.3 Å². The average Bonchev–Trinajstić information content (AvgIpc) is 2.64. The van der Waals surface area contributed by atoms with Gasteiger partial charge in [0.15, 0.2) is 5.75 Å². The molecule has 0 aliphatic rings. The van der Waals surface area contributed by atoms with Gasteiger partial charge in [-0.2, -0.15) is 0 Å². The van der Waals surface area contributed by atoms with Gasteiger partial charge >= 0.3 is 5.97 Å². The minimum absolute atomic E-state index is 0.149. The van der Waals surface area contributed by atoms with Crippen molar-refractivity contribution in [2.24, 2.45) is 5.92 Å². The first kappa shape index (κ1) is 13.0. The summed E-state index contributed by atoms with van der Waals surface area (Å²) in [4.78, 5) is 11.1. The van der Waals surface area contributed by atoms with Gasteiger partial charge in [-0.3, -0.25) is 0 Å². The Morgan fingerprint density at radius 1 is 1.50 bits per heavy atom. The van der Waals surface area contributed by atoms with Gasteiger partial charge in [-0.05, 0) is 24.1 Å². The first-order valence-electron chi connectivity index (χ1n) is 5.57. The molecule has 0 atom stereocenters. The molecule has 96 valence electrons. The summed E-state index contributed by atoms with van der Waals surface area (Å²) in [5.41, 5.74) is 0.509. The zero-order chi connectivity index (χ0) is 13.3. The molecule has 0 spiro atoms. The molecule has 0 radical (unpaired) electrons. The van der Waals surface area contributed by atoms with E-state index in [2.05, 4.69) is 15.9 Å². The third-order valence-electron chi connectivity index (χ3n) is 2.36. The molecule has 18 heavy (non-hydrogen) atoms. The van der Waals surface area contributed by atoms with E-state index in [9.17, 15) is 4.79 Å². The molecule has 4 nitrogen and oxygen atoms in total. The third kappa shape index (κ3) is 2.51. The monoisotopic (exact) mass is 312 g/mol. The summed E-state index contributed by atoms with van der Waals surface area (Å²) in [5, 5.41) is 9.78. The molecule has 0 aliphatic heterocycles. The first-order chi connectivity index (χ1) is 8.49. The van der Waals surface area contributed by atoms with E-state index in [0.29, 0.717) is 29.2 Å². The molecule has 5 heteroatoms. The highest BCUT2D eigenvalue weighted by Gasteiger charge is 2.21. The Kier molecular flexibility index (Phi) is 3.61. The van der Waals surface area contributed by atoms with E-state index in [0.717, 1.165) is 4.47 Å². The van der Waals surface area contributed by atoms with Crippen molar-refractivity contribution in [1.29, 1.82) is 0 Å². The Morgan fingerprint density at radius 3 is 2.83 bits per heavy atom. The maximum atomic E-state index is 11.1. The number of halogens is 1. The smallest absolute Gasteiger partial charge is 0.375 e. The van der Waals surface area contributed by atoms with Crippen molar-refractivity contribution in [3.05, 3.63) is 28.4 Å². The molecule has 2 rings (SSSR count). The molecule has 1 aromatic carbocycles. The Bertz CT molecular complexity index is 586. The topological polar surface area (TPSA) is 59.7 Å². The van der Waals surface area contributed by atoms with E-state index < -0.39 is 5.97 Å². The summed E-state index contributed by atoms with van der Waals surface area (Å²) < 4.78 is 11.7. The molecule has 0 saturated carbocycles. The number of furan rings is 1. The van der Waals surface area contributed by atoms with E-state index in [1.54, 1.807) is 18.2 Å². The highest BCUT2D eigenvalue weighted by Crippen LogP contribution is 2.35. The summed E-state index contributed by atoms with van der Waals surface area (Å²) in [7, 11) is 0. The van der Waals surface area contributed by atoms with Crippen molar-refractivity contribution < 1.29 is 19.1 Å². The van der Waals surface area contributed by atoms with Crippen LogP contribution in [0.2, 0.25) is 0 Å². The second kappa shape index (κ2) is 5.02. The molecule has 1 aromatic heterocycles. The number of aromatic carboxylic acids is 1. The van der Waals surface area contributed by atoms with Crippen molar-refractivity contribution in [3.8, 4) is 5.75 Å². The van der Waals surface area contributed by atoms with Crippen molar-refractivity contribution in [2.75, 3.05) is 6.61 Å². The number of carbonyl (C=O) groups is 1. The summed E-state index contributed by atoms with van der Waals surface area (Å²) >= 11 is 3.35. The quantitative estimate of drug-likeness (QED) is 0.929. The van der Waals surface area contributed by atoms with Crippen molar-refractivity contribution in [2.45, 2.75) is 13.8 Å². The van der Waals surface area contributed by atoms with Crippen LogP contribution < -0.4 is 4.74 Å². The predicted molar refractivity (Wildman–Crippen MR) is 71.2 cm³/mol. The van der Waals surface area contributed by atoms with Crippen LogP contribution in [0.3, 0.4) is 0 Å². The van der Waals surface area contributed by atoms with Gasteiger partial charge in [0.2, 0.25) is 0 Å². The predicted octanol–water partition coefficient (Wildman–Crippen LogP) is 3.93.